The van der Waals surface area contributed by atoms with Gasteiger partial charge >= 0.3 is 6.03 Å². The molecule has 2 amide bonds. The van der Waals surface area contributed by atoms with Crippen LogP contribution in [0.2, 0.25) is 0 Å². The van der Waals surface area contributed by atoms with E-state index in [-0.39, 0.29) is 6.03 Å². The Balaban J connectivity index is 1.29. The second-order valence-corrected chi connectivity index (χ2v) is 6.06. The SMILES string of the molecule is O=C(NCCCN1CCN(c2ncccn2)CC1)N1CCOCC1. The summed E-state index contributed by atoms with van der Waals surface area (Å²) in [6.45, 7) is 8.31. The third-order valence-corrected chi connectivity index (χ3v) is 4.43. The van der Waals surface area contributed by atoms with E-state index >= 15 is 0 Å². The number of hydrogen-bond acceptors (Lipinski definition) is 6. The highest BCUT2D eigenvalue weighted by Gasteiger charge is 2.19. The van der Waals surface area contributed by atoms with E-state index in [4.69, 9.17) is 4.74 Å². The summed E-state index contributed by atoms with van der Waals surface area (Å²) in [5.41, 5.74) is 0. The van der Waals surface area contributed by atoms with Crippen molar-refractivity contribution >= 4 is 12.0 Å². The lowest BCUT2D eigenvalue weighted by Crippen LogP contribution is -2.48. The third kappa shape index (κ3) is 4.78. The highest BCUT2D eigenvalue weighted by atomic mass is 16.5. The fourth-order valence-corrected chi connectivity index (χ4v) is 3.00. The van der Waals surface area contributed by atoms with Gasteiger partial charge in [-0.1, -0.05) is 0 Å². The van der Waals surface area contributed by atoms with E-state index in [0.717, 1.165) is 51.6 Å². The molecule has 0 aromatic carbocycles. The van der Waals surface area contributed by atoms with Gasteiger partial charge < -0.3 is 19.9 Å². The van der Waals surface area contributed by atoms with E-state index in [9.17, 15) is 4.79 Å². The molecule has 8 heteroatoms. The number of rotatable bonds is 5. The van der Waals surface area contributed by atoms with Gasteiger partial charge in [0.25, 0.3) is 0 Å². The number of anilines is 1. The minimum absolute atomic E-state index is 0.0318. The maximum atomic E-state index is 12.0. The minimum atomic E-state index is 0.0318. The van der Waals surface area contributed by atoms with E-state index in [0.29, 0.717) is 26.3 Å². The van der Waals surface area contributed by atoms with Gasteiger partial charge in [0.05, 0.1) is 13.2 Å². The van der Waals surface area contributed by atoms with Gasteiger partial charge in [-0.15, -0.1) is 0 Å². The van der Waals surface area contributed by atoms with Crippen molar-refractivity contribution in [2.45, 2.75) is 6.42 Å². The van der Waals surface area contributed by atoms with Gasteiger partial charge in [-0.05, 0) is 19.0 Å². The number of hydrogen-bond donors (Lipinski definition) is 1. The molecule has 2 saturated heterocycles. The molecule has 3 rings (SSSR count). The van der Waals surface area contributed by atoms with Crippen LogP contribution in [-0.4, -0.2) is 91.4 Å². The summed E-state index contributed by atoms with van der Waals surface area (Å²) in [6.07, 6.45) is 4.54. The van der Waals surface area contributed by atoms with Gasteiger partial charge in [-0.3, -0.25) is 4.90 Å². The molecule has 132 valence electrons. The number of carbonyl (C=O) groups excluding carboxylic acids is 1. The normalized spacial score (nSPS) is 19.3. The van der Waals surface area contributed by atoms with Gasteiger partial charge in [0.15, 0.2) is 0 Å². The molecule has 0 aliphatic carbocycles. The molecule has 0 spiro atoms. The Bertz CT molecular complexity index is 501. The Morgan fingerprint density at radius 2 is 1.79 bits per heavy atom. The van der Waals surface area contributed by atoms with Crippen LogP contribution in [0.3, 0.4) is 0 Å². The van der Waals surface area contributed by atoms with Crippen molar-refractivity contribution in [3.05, 3.63) is 18.5 Å². The third-order valence-electron chi connectivity index (χ3n) is 4.43. The van der Waals surface area contributed by atoms with Crippen LogP contribution in [0.5, 0.6) is 0 Å². The quantitative estimate of drug-likeness (QED) is 0.766. The van der Waals surface area contributed by atoms with E-state index in [1.165, 1.54) is 0 Å². The number of amides is 2. The lowest BCUT2D eigenvalue weighted by atomic mass is 10.3. The van der Waals surface area contributed by atoms with Crippen molar-refractivity contribution in [1.29, 1.82) is 0 Å². The van der Waals surface area contributed by atoms with Crippen LogP contribution < -0.4 is 10.2 Å². The Hall–Kier alpha value is -1.93. The maximum Gasteiger partial charge on any atom is 0.317 e. The van der Waals surface area contributed by atoms with Crippen molar-refractivity contribution in [2.75, 3.05) is 70.5 Å². The van der Waals surface area contributed by atoms with E-state index in [1.807, 2.05) is 11.0 Å². The standard InChI is InChI=1S/C16H26N6O2/c23-16(22-11-13-24-14-12-22)19-5-2-6-20-7-9-21(10-8-20)15-17-3-1-4-18-15/h1,3-4H,2,5-14H2,(H,19,23). The highest BCUT2D eigenvalue weighted by molar-refractivity contribution is 5.74. The van der Waals surface area contributed by atoms with Crippen LogP contribution in [0.4, 0.5) is 10.7 Å². The molecule has 1 aromatic heterocycles. The van der Waals surface area contributed by atoms with Gasteiger partial charge in [-0.2, -0.15) is 0 Å². The summed E-state index contributed by atoms with van der Waals surface area (Å²) in [4.78, 5) is 27.0. The molecule has 8 nitrogen and oxygen atoms in total. The largest absolute Gasteiger partial charge is 0.378 e. The molecule has 0 atom stereocenters. The zero-order chi connectivity index (χ0) is 16.6. The molecular formula is C16H26N6O2. The van der Waals surface area contributed by atoms with Crippen molar-refractivity contribution in [1.82, 2.24) is 25.1 Å². The average molecular weight is 334 g/mol. The smallest absolute Gasteiger partial charge is 0.317 e. The molecule has 24 heavy (non-hydrogen) atoms. The second kappa shape index (κ2) is 8.79. The van der Waals surface area contributed by atoms with Gasteiger partial charge in [-0.25, -0.2) is 14.8 Å². The lowest BCUT2D eigenvalue weighted by Gasteiger charge is -2.34. The lowest BCUT2D eigenvalue weighted by molar-refractivity contribution is 0.0532. The Kier molecular flexibility index (Phi) is 6.20. The Morgan fingerprint density at radius 1 is 1.08 bits per heavy atom. The number of piperazine rings is 1. The van der Waals surface area contributed by atoms with E-state index < -0.39 is 0 Å². The topological polar surface area (TPSA) is 73.8 Å². The Labute approximate surface area is 142 Å². The Morgan fingerprint density at radius 3 is 2.50 bits per heavy atom. The maximum absolute atomic E-state index is 12.0. The van der Waals surface area contributed by atoms with Crippen molar-refractivity contribution < 1.29 is 9.53 Å². The number of carbonyl (C=O) groups is 1. The number of nitrogens with one attached hydrogen (secondary N) is 1. The molecule has 1 aromatic rings. The van der Waals surface area contributed by atoms with Crippen molar-refractivity contribution in [3.8, 4) is 0 Å². The highest BCUT2D eigenvalue weighted by Crippen LogP contribution is 2.09. The second-order valence-electron chi connectivity index (χ2n) is 6.06. The molecule has 0 radical (unpaired) electrons. The van der Waals surface area contributed by atoms with Crippen LogP contribution in [0, 0.1) is 0 Å². The van der Waals surface area contributed by atoms with Crippen molar-refractivity contribution in [2.24, 2.45) is 0 Å². The van der Waals surface area contributed by atoms with Crippen LogP contribution in [0.1, 0.15) is 6.42 Å². The number of morpholine rings is 1. The predicted molar refractivity (Wildman–Crippen MR) is 91.1 cm³/mol. The summed E-state index contributed by atoms with van der Waals surface area (Å²) in [5, 5.41) is 3.00. The fourth-order valence-electron chi connectivity index (χ4n) is 3.00. The molecule has 0 saturated carbocycles. The fraction of sp³-hybridized carbons (Fsp3) is 0.688. The summed E-state index contributed by atoms with van der Waals surface area (Å²) < 4.78 is 5.25. The zero-order valence-corrected chi connectivity index (χ0v) is 14.1. The molecule has 0 bridgehead atoms. The van der Waals surface area contributed by atoms with Crippen LogP contribution >= 0.6 is 0 Å². The first-order valence-corrected chi connectivity index (χ1v) is 8.68. The number of urea groups is 1. The first-order chi connectivity index (χ1) is 11.8. The van der Waals surface area contributed by atoms with E-state index in [1.54, 1.807) is 12.4 Å². The van der Waals surface area contributed by atoms with Crippen LogP contribution in [-0.2, 0) is 4.74 Å². The molecule has 2 fully saturated rings. The molecule has 2 aliphatic heterocycles. The first kappa shape index (κ1) is 16.9. The zero-order valence-electron chi connectivity index (χ0n) is 14.1. The van der Waals surface area contributed by atoms with Crippen LogP contribution in [0.15, 0.2) is 18.5 Å². The van der Waals surface area contributed by atoms with Crippen LogP contribution in [0.25, 0.3) is 0 Å². The molecule has 1 N–H and O–H groups in total. The first-order valence-electron chi connectivity index (χ1n) is 8.68. The molecular weight excluding hydrogens is 308 g/mol. The van der Waals surface area contributed by atoms with Gasteiger partial charge in [0.2, 0.25) is 5.95 Å². The summed E-state index contributed by atoms with van der Waals surface area (Å²) in [6, 6.07) is 1.87. The van der Waals surface area contributed by atoms with Gasteiger partial charge in [0.1, 0.15) is 0 Å². The number of nitrogens with zero attached hydrogens (tertiary/aromatic N) is 5. The molecule has 3 heterocycles. The van der Waals surface area contributed by atoms with Crippen molar-refractivity contribution in [3.63, 3.8) is 0 Å². The number of ether oxygens (including phenoxy) is 1. The molecule has 2 aliphatic rings. The monoisotopic (exact) mass is 334 g/mol. The summed E-state index contributed by atoms with van der Waals surface area (Å²) in [7, 11) is 0. The summed E-state index contributed by atoms with van der Waals surface area (Å²) in [5.74, 6) is 0.815. The average Bonchev–Trinajstić information content (AvgIpc) is 2.67. The van der Waals surface area contributed by atoms with Gasteiger partial charge in [0, 0.05) is 58.2 Å². The summed E-state index contributed by atoms with van der Waals surface area (Å²) >= 11 is 0. The molecule has 0 unspecified atom stereocenters. The predicted octanol–water partition coefficient (Wildman–Crippen LogP) is 0.0305. The number of aromatic nitrogens is 2. The van der Waals surface area contributed by atoms with E-state index in [2.05, 4.69) is 25.1 Å². The minimum Gasteiger partial charge on any atom is -0.378 e.